The standard InChI is InChI=1S/C29H30F2N8O4S/c1-3-37-11-18(13(2)35-37)17-7-19(25(30)31)33-28-21(17)23(24(44-28)26(32)40)34-27(41)22-20(39(42)43)12-38(36-22)29-8-14-4-15(9-29)6-16(5-14)10-29/h7,11-12,14-16,25H,3-6,8-10H2,1-2H3,(H2,32,40)(H,34,41). The van der Waals surface area contributed by atoms with E-state index in [9.17, 15) is 28.5 Å². The van der Waals surface area contributed by atoms with Gasteiger partial charge in [0.2, 0.25) is 5.69 Å². The van der Waals surface area contributed by atoms with E-state index in [0.29, 0.717) is 35.6 Å². The van der Waals surface area contributed by atoms with Crippen molar-refractivity contribution in [3.05, 3.63) is 50.5 Å². The highest BCUT2D eigenvalue weighted by Gasteiger charge is 2.53. The maximum absolute atomic E-state index is 13.9. The van der Waals surface area contributed by atoms with Gasteiger partial charge in [0.1, 0.15) is 21.6 Å². The molecule has 4 saturated carbocycles. The SMILES string of the molecule is CCn1cc(-c2cc(C(F)F)nc3sc(C(N)=O)c(NC(=O)c4nn(C56CC7CC(CC(C7)C5)C6)cc4[N+](=O)[O-])c23)c(C)n1. The van der Waals surface area contributed by atoms with Crippen molar-refractivity contribution in [2.24, 2.45) is 23.5 Å². The van der Waals surface area contributed by atoms with E-state index in [0.717, 1.165) is 49.9 Å². The number of aryl methyl sites for hydroxylation is 2. The Kier molecular flexibility index (Phi) is 6.57. The number of fused-ring (bicyclic) bond motifs is 1. The Labute approximate surface area is 253 Å². The molecular formula is C29H30F2N8O4S. The van der Waals surface area contributed by atoms with Crippen LogP contribution in [0.4, 0.5) is 20.2 Å². The van der Waals surface area contributed by atoms with Crippen LogP contribution in [0.1, 0.15) is 83.4 Å². The number of anilines is 1. The third-order valence-electron chi connectivity index (χ3n) is 9.53. The van der Waals surface area contributed by atoms with Crippen LogP contribution in [0.3, 0.4) is 0 Å². The number of nitrogens with one attached hydrogen (secondary N) is 1. The Morgan fingerprint density at radius 1 is 1.16 bits per heavy atom. The average Bonchev–Trinajstić information content (AvgIpc) is 3.67. The highest BCUT2D eigenvalue weighted by atomic mass is 32.1. The van der Waals surface area contributed by atoms with Crippen LogP contribution >= 0.6 is 11.3 Å². The predicted molar refractivity (Wildman–Crippen MR) is 158 cm³/mol. The first-order chi connectivity index (χ1) is 21.0. The van der Waals surface area contributed by atoms with Gasteiger partial charge >= 0.3 is 5.69 Å². The Balaban J connectivity index is 1.35. The van der Waals surface area contributed by atoms with Crippen molar-refractivity contribution < 1.29 is 23.3 Å². The van der Waals surface area contributed by atoms with Crippen LogP contribution in [0.2, 0.25) is 0 Å². The van der Waals surface area contributed by atoms with Gasteiger partial charge in [0.15, 0.2) is 0 Å². The van der Waals surface area contributed by atoms with Gasteiger partial charge in [0.05, 0.1) is 21.8 Å². The summed E-state index contributed by atoms with van der Waals surface area (Å²) in [5.41, 5.74) is 5.21. The molecule has 8 rings (SSSR count). The summed E-state index contributed by atoms with van der Waals surface area (Å²) in [5.74, 6) is -0.195. The summed E-state index contributed by atoms with van der Waals surface area (Å²) in [5, 5.41) is 24.0. The second-order valence-electron chi connectivity index (χ2n) is 12.4. The molecular weight excluding hydrogens is 594 g/mol. The summed E-state index contributed by atoms with van der Waals surface area (Å²) in [4.78, 5) is 42.0. The van der Waals surface area contributed by atoms with Gasteiger partial charge in [0.25, 0.3) is 18.2 Å². The van der Waals surface area contributed by atoms with Crippen molar-refractivity contribution in [2.75, 3.05) is 5.32 Å². The minimum absolute atomic E-state index is 0.0548. The number of thiophene rings is 1. The second kappa shape index (κ2) is 10.1. The van der Waals surface area contributed by atoms with Gasteiger partial charge in [0, 0.05) is 23.7 Å². The fourth-order valence-electron chi connectivity index (χ4n) is 8.10. The number of pyridine rings is 1. The summed E-state index contributed by atoms with van der Waals surface area (Å²) in [6.45, 7) is 4.11. The summed E-state index contributed by atoms with van der Waals surface area (Å²) in [7, 11) is 0. The molecule has 4 fully saturated rings. The molecule has 15 heteroatoms. The molecule has 0 atom stereocenters. The predicted octanol–water partition coefficient (Wildman–Crippen LogP) is 5.81. The van der Waals surface area contributed by atoms with Gasteiger partial charge in [-0.05, 0) is 81.8 Å². The van der Waals surface area contributed by atoms with Crippen LogP contribution < -0.4 is 11.1 Å². The zero-order chi connectivity index (χ0) is 31.1. The van der Waals surface area contributed by atoms with E-state index in [1.54, 1.807) is 22.5 Å². The lowest BCUT2D eigenvalue weighted by atomic mass is 9.53. The fraction of sp³-hybridized carbons (Fsp3) is 0.483. The summed E-state index contributed by atoms with van der Waals surface area (Å²) in [6, 6.07) is 1.20. The molecule has 44 heavy (non-hydrogen) atoms. The summed E-state index contributed by atoms with van der Waals surface area (Å²) in [6.07, 6.45) is 6.22. The Morgan fingerprint density at radius 2 is 1.82 bits per heavy atom. The van der Waals surface area contributed by atoms with Gasteiger partial charge in [-0.1, -0.05) is 0 Å². The molecule has 0 radical (unpaired) electrons. The number of hydrogen-bond acceptors (Lipinski definition) is 8. The van der Waals surface area contributed by atoms with Crippen LogP contribution in [0.25, 0.3) is 21.3 Å². The number of carbonyl (C=O) groups is 2. The molecule has 230 valence electrons. The minimum Gasteiger partial charge on any atom is -0.365 e. The maximum Gasteiger partial charge on any atom is 0.320 e. The van der Waals surface area contributed by atoms with Gasteiger partial charge in [-0.2, -0.15) is 10.2 Å². The smallest absolute Gasteiger partial charge is 0.320 e. The first kappa shape index (κ1) is 28.5. The number of halogens is 2. The van der Waals surface area contributed by atoms with E-state index >= 15 is 0 Å². The number of alkyl halides is 2. The van der Waals surface area contributed by atoms with E-state index in [4.69, 9.17) is 5.73 Å². The van der Waals surface area contributed by atoms with E-state index in [1.165, 1.54) is 12.3 Å². The number of nitrogens with zero attached hydrogens (tertiary/aromatic N) is 6. The number of nitrogens with two attached hydrogens (primary N) is 1. The molecule has 0 aliphatic heterocycles. The van der Waals surface area contributed by atoms with Crippen molar-refractivity contribution in [2.45, 2.75) is 70.9 Å². The lowest BCUT2D eigenvalue weighted by molar-refractivity contribution is -0.385. The Hall–Kier alpha value is -4.27. The fourth-order valence-corrected chi connectivity index (χ4v) is 9.11. The van der Waals surface area contributed by atoms with Crippen molar-refractivity contribution >= 4 is 44.7 Å². The Morgan fingerprint density at radius 3 is 2.36 bits per heavy atom. The number of primary amides is 1. The largest absolute Gasteiger partial charge is 0.365 e. The van der Waals surface area contributed by atoms with Gasteiger partial charge in [-0.15, -0.1) is 11.3 Å². The topological polar surface area (TPSA) is 164 Å². The van der Waals surface area contributed by atoms with Gasteiger partial charge < -0.3 is 11.1 Å². The third kappa shape index (κ3) is 4.47. The van der Waals surface area contributed by atoms with Crippen molar-refractivity contribution in [1.82, 2.24) is 24.5 Å². The normalized spacial score (nSPS) is 24.0. The van der Waals surface area contributed by atoms with Gasteiger partial charge in [-0.3, -0.25) is 29.1 Å². The van der Waals surface area contributed by atoms with Crippen molar-refractivity contribution in [1.29, 1.82) is 0 Å². The summed E-state index contributed by atoms with van der Waals surface area (Å²) < 4.78 is 31.1. The van der Waals surface area contributed by atoms with Crippen molar-refractivity contribution in [3.8, 4) is 11.1 Å². The zero-order valence-electron chi connectivity index (χ0n) is 24.0. The average molecular weight is 625 g/mol. The van der Waals surface area contributed by atoms with E-state index < -0.39 is 40.2 Å². The molecule has 3 N–H and O–H groups in total. The molecule has 4 aliphatic rings. The number of aromatic nitrogens is 5. The Bertz CT molecular complexity index is 1830. The molecule has 0 unspecified atom stereocenters. The van der Waals surface area contributed by atoms with Crippen LogP contribution in [-0.4, -0.2) is 41.3 Å². The molecule has 12 nitrogen and oxygen atoms in total. The first-order valence-corrected chi connectivity index (χ1v) is 15.4. The highest BCUT2D eigenvalue weighted by molar-refractivity contribution is 7.21. The zero-order valence-corrected chi connectivity index (χ0v) is 24.9. The van der Waals surface area contributed by atoms with E-state index in [2.05, 4.69) is 20.5 Å². The molecule has 4 heterocycles. The molecule has 4 aromatic heterocycles. The number of nitro groups is 1. The quantitative estimate of drug-likeness (QED) is 0.185. The van der Waals surface area contributed by atoms with E-state index in [1.807, 2.05) is 6.92 Å². The number of rotatable bonds is 8. The lowest BCUT2D eigenvalue weighted by Gasteiger charge is -2.56. The van der Waals surface area contributed by atoms with Crippen LogP contribution in [-0.2, 0) is 12.1 Å². The molecule has 2 amide bonds. The number of hydrogen-bond donors (Lipinski definition) is 2. The minimum atomic E-state index is -2.91. The maximum atomic E-state index is 13.9. The first-order valence-electron chi connectivity index (χ1n) is 14.6. The van der Waals surface area contributed by atoms with E-state index in [-0.39, 0.29) is 31.9 Å². The monoisotopic (exact) mass is 624 g/mol. The second-order valence-corrected chi connectivity index (χ2v) is 13.4. The highest BCUT2D eigenvalue weighted by Crippen LogP contribution is 2.59. The lowest BCUT2D eigenvalue weighted by Crippen LogP contribution is -2.52. The molecule has 4 aromatic rings. The summed E-state index contributed by atoms with van der Waals surface area (Å²) >= 11 is 0.762. The number of amides is 2. The third-order valence-corrected chi connectivity index (χ3v) is 10.6. The molecule has 0 spiro atoms. The molecule has 4 aliphatic carbocycles. The molecule has 0 aromatic carbocycles. The van der Waals surface area contributed by atoms with Crippen LogP contribution in [0.15, 0.2) is 18.5 Å². The molecule has 4 bridgehead atoms. The van der Waals surface area contributed by atoms with Gasteiger partial charge in [-0.25, -0.2) is 13.8 Å². The number of carbonyl (C=O) groups excluding carboxylic acids is 2. The van der Waals surface area contributed by atoms with Crippen molar-refractivity contribution in [3.63, 3.8) is 0 Å². The van der Waals surface area contributed by atoms with Crippen LogP contribution in [0, 0.1) is 34.8 Å². The van der Waals surface area contributed by atoms with Crippen LogP contribution in [0.5, 0.6) is 0 Å². The molecule has 0 saturated heterocycles.